The minimum absolute atomic E-state index is 0.0142. The Hall–Kier alpha value is -2.40. The quantitative estimate of drug-likeness (QED) is 0.887. The maximum absolute atomic E-state index is 11.0. The van der Waals surface area contributed by atoms with Crippen molar-refractivity contribution in [2.24, 2.45) is 5.73 Å². The van der Waals surface area contributed by atoms with Crippen LogP contribution in [-0.2, 0) is 4.79 Å². The Bertz CT molecular complexity index is 668. The van der Waals surface area contributed by atoms with Crippen LogP contribution in [0.25, 0.3) is 11.1 Å². The Balaban J connectivity index is 1.97. The van der Waals surface area contributed by atoms with Crippen LogP contribution in [0.3, 0.4) is 0 Å². The predicted octanol–water partition coefficient (Wildman–Crippen LogP) is 2.49. The molecule has 2 heterocycles. The minimum atomic E-state index is -0.137. The molecule has 0 aliphatic carbocycles. The Morgan fingerprint density at radius 3 is 2.95 bits per heavy atom. The zero-order chi connectivity index (χ0) is 14.8. The van der Waals surface area contributed by atoms with Gasteiger partial charge in [0.1, 0.15) is 11.6 Å². The molecule has 3 rings (SSSR count). The second-order valence-corrected chi connectivity index (χ2v) is 5.08. The van der Waals surface area contributed by atoms with E-state index in [1.54, 1.807) is 12.3 Å². The first kappa shape index (κ1) is 13.6. The highest BCUT2D eigenvalue weighted by atomic mass is 16.5. The molecule has 0 fully saturated rings. The molecule has 1 aliphatic rings. The number of carbonyl (C=O) groups is 1. The first-order valence-corrected chi connectivity index (χ1v) is 6.90. The average Bonchev–Trinajstić information content (AvgIpc) is 2.48. The Labute approximate surface area is 123 Å². The molecule has 3 N–H and O–H groups in total. The summed E-state index contributed by atoms with van der Waals surface area (Å²) in [6, 6.07) is 9.68. The number of amides is 1. The van der Waals surface area contributed by atoms with Crippen molar-refractivity contribution in [1.82, 2.24) is 4.98 Å². The first-order chi connectivity index (χ1) is 10.1. The number of ether oxygens (including phenoxy) is 1. The lowest BCUT2D eigenvalue weighted by Crippen LogP contribution is -2.20. The van der Waals surface area contributed by atoms with Gasteiger partial charge in [0, 0.05) is 42.3 Å². The number of benzene rings is 1. The summed E-state index contributed by atoms with van der Waals surface area (Å²) in [6.45, 7) is 2.08. The van der Waals surface area contributed by atoms with E-state index in [0.717, 1.165) is 28.9 Å². The van der Waals surface area contributed by atoms with Crippen molar-refractivity contribution < 1.29 is 9.53 Å². The topological polar surface area (TPSA) is 77.2 Å². The zero-order valence-electron chi connectivity index (χ0n) is 11.8. The number of hydrogen-bond acceptors (Lipinski definition) is 4. The van der Waals surface area contributed by atoms with Crippen LogP contribution in [0.15, 0.2) is 36.5 Å². The summed E-state index contributed by atoms with van der Waals surface area (Å²) in [5.74, 6) is 1.24. The van der Waals surface area contributed by atoms with Gasteiger partial charge in [-0.15, -0.1) is 0 Å². The number of nitrogens with zero attached hydrogens (tertiary/aromatic N) is 1. The summed E-state index contributed by atoms with van der Waals surface area (Å²) < 4.78 is 5.80. The van der Waals surface area contributed by atoms with Gasteiger partial charge >= 0.3 is 0 Å². The highest BCUT2D eigenvalue weighted by molar-refractivity contribution is 5.87. The number of hydrogen-bond donors (Lipinski definition) is 2. The molecule has 1 unspecified atom stereocenters. The van der Waals surface area contributed by atoms with Crippen LogP contribution in [-0.4, -0.2) is 17.5 Å². The molecule has 1 aromatic heterocycles. The lowest BCUT2D eigenvalue weighted by molar-refractivity contribution is -0.114. The predicted molar refractivity (Wildman–Crippen MR) is 81.0 cm³/mol. The number of nitrogens with two attached hydrogens (primary N) is 1. The number of pyridine rings is 1. The summed E-state index contributed by atoms with van der Waals surface area (Å²) in [5.41, 5.74) is 9.08. The molecule has 0 radical (unpaired) electrons. The Morgan fingerprint density at radius 2 is 2.24 bits per heavy atom. The van der Waals surface area contributed by atoms with Crippen molar-refractivity contribution in [1.29, 1.82) is 0 Å². The van der Waals surface area contributed by atoms with E-state index in [4.69, 9.17) is 10.5 Å². The molecular formula is C16H17N3O2. The number of rotatable bonds is 2. The van der Waals surface area contributed by atoms with Crippen LogP contribution in [0.4, 0.5) is 5.82 Å². The largest absolute Gasteiger partial charge is 0.493 e. The van der Waals surface area contributed by atoms with Gasteiger partial charge in [0.2, 0.25) is 5.91 Å². The second-order valence-electron chi connectivity index (χ2n) is 5.08. The summed E-state index contributed by atoms with van der Waals surface area (Å²) >= 11 is 0. The van der Waals surface area contributed by atoms with E-state index >= 15 is 0 Å². The third kappa shape index (κ3) is 2.73. The number of para-hydroxylation sites is 1. The van der Waals surface area contributed by atoms with Gasteiger partial charge in [-0.2, -0.15) is 0 Å². The lowest BCUT2D eigenvalue weighted by Gasteiger charge is -2.25. The second kappa shape index (κ2) is 5.54. The number of carbonyl (C=O) groups excluding carboxylic acids is 1. The fourth-order valence-electron chi connectivity index (χ4n) is 2.49. The molecule has 5 nitrogen and oxygen atoms in total. The van der Waals surface area contributed by atoms with Crippen LogP contribution < -0.4 is 15.8 Å². The summed E-state index contributed by atoms with van der Waals surface area (Å²) in [5, 5.41) is 2.65. The van der Waals surface area contributed by atoms with Gasteiger partial charge in [0.25, 0.3) is 0 Å². The molecule has 108 valence electrons. The van der Waals surface area contributed by atoms with E-state index in [2.05, 4.69) is 10.3 Å². The van der Waals surface area contributed by atoms with Crippen molar-refractivity contribution in [2.45, 2.75) is 19.4 Å². The first-order valence-electron chi connectivity index (χ1n) is 6.90. The fraction of sp³-hybridized carbons (Fsp3) is 0.250. The van der Waals surface area contributed by atoms with Gasteiger partial charge < -0.3 is 15.8 Å². The molecule has 1 aliphatic heterocycles. The standard InChI is InChI=1S/C16H17N3O2/c1-10(20)19-15-6-5-11(9-18-15)12-3-2-4-13-14(17)7-8-21-16(12)13/h2-6,9,14H,7-8,17H2,1H3,(H,18,19,20). The zero-order valence-corrected chi connectivity index (χ0v) is 11.8. The third-order valence-electron chi connectivity index (χ3n) is 3.50. The van der Waals surface area contributed by atoms with Gasteiger partial charge in [0.15, 0.2) is 0 Å². The Kier molecular flexibility index (Phi) is 3.58. The summed E-state index contributed by atoms with van der Waals surface area (Å²) in [4.78, 5) is 15.3. The fourth-order valence-corrected chi connectivity index (χ4v) is 2.49. The van der Waals surface area contributed by atoms with Gasteiger partial charge in [-0.25, -0.2) is 4.98 Å². The molecule has 2 aromatic rings. The number of aromatic nitrogens is 1. The van der Waals surface area contributed by atoms with Crippen molar-refractivity contribution in [3.8, 4) is 16.9 Å². The van der Waals surface area contributed by atoms with Crippen LogP contribution in [0.5, 0.6) is 5.75 Å². The number of anilines is 1. The van der Waals surface area contributed by atoms with Gasteiger partial charge in [0.05, 0.1) is 6.61 Å². The van der Waals surface area contributed by atoms with Crippen molar-refractivity contribution in [2.75, 3.05) is 11.9 Å². The van der Waals surface area contributed by atoms with E-state index in [9.17, 15) is 4.79 Å². The molecule has 0 bridgehead atoms. The maximum atomic E-state index is 11.0. The van der Waals surface area contributed by atoms with Crippen LogP contribution in [0.2, 0.25) is 0 Å². The molecule has 1 amide bonds. The average molecular weight is 283 g/mol. The van der Waals surface area contributed by atoms with Gasteiger partial charge in [-0.1, -0.05) is 18.2 Å². The maximum Gasteiger partial charge on any atom is 0.222 e. The molecule has 21 heavy (non-hydrogen) atoms. The molecule has 0 saturated carbocycles. The van der Waals surface area contributed by atoms with E-state index in [-0.39, 0.29) is 11.9 Å². The Morgan fingerprint density at radius 1 is 1.38 bits per heavy atom. The SMILES string of the molecule is CC(=O)Nc1ccc(-c2cccc3c2OCCC3N)cn1. The normalized spacial score (nSPS) is 16.8. The number of fused-ring (bicyclic) bond motifs is 1. The molecule has 0 saturated heterocycles. The van der Waals surface area contributed by atoms with Crippen LogP contribution in [0.1, 0.15) is 24.9 Å². The molecule has 0 spiro atoms. The highest BCUT2D eigenvalue weighted by Gasteiger charge is 2.21. The molecule has 1 aromatic carbocycles. The lowest BCUT2D eigenvalue weighted by atomic mass is 9.95. The van der Waals surface area contributed by atoms with Crippen LogP contribution >= 0.6 is 0 Å². The number of nitrogens with one attached hydrogen (secondary N) is 1. The minimum Gasteiger partial charge on any atom is -0.493 e. The monoisotopic (exact) mass is 283 g/mol. The van der Waals surface area contributed by atoms with Gasteiger partial charge in [-0.3, -0.25) is 4.79 Å². The third-order valence-corrected chi connectivity index (χ3v) is 3.50. The van der Waals surface area contributed by atoms with Crippen molar-refractivity contribution >= 4 is 11.7 Å². The summed E-state index contributed by atoms with van der Waals surface area (Å²) in [7, 11) is 0. The van der Waals surface area contributed by atoms with E-state index < -0.39 is 0 Å². The molecule has 1 atom stereocenters. The van der Waals surface area contributed by atoms with Gasteiger partial charge in [-0.05, 0) is 12.1 Å². The summed E-state index contributed by atoms with van der Waals surface area (Å²) in [6.07, 6.45) is 2.56. The van der Waals surface area contributed by atoms with Crippen molar-refractivity contribution in [3.05, 3.63) is 42.1 Å². The highest BCUT2D eigenvalue weighted by Crippen LogP contribution is 2.39. The van der Waals surface area contributed by atoms with Crippen molar-refractivity contribution in [3.63, 3.8) is 0 Å². The molecule has 5 heteroatoms. The van der Waals surface area contributed by atoms with E-state index in [1.165, 1.54) is 6.92 Å². The molecular weight excluding hydrogens is 266 g/mol. The smallest absolute Gasteiger partial charge is 0.222 e. The van der Waals surface area contributed by atoms with Crippen LogP contribution in [0, 0.1) is 0 Å². The van der Waals surface area contributed by atoms with E-state index in [0.29, 0.717) is 12.4 Å². The van der Waals surface area contributed by atoms with E-state index in [1.807, 2.05) is 24.3 Å².